The van der Waals surface area contributed by atoms with Crippen LogP contribution in [0.25, 0.3) is 6.08 Å². The summed E-state index contributed by atoms with van der Waals surface area (Å²) in [7, 11) is 1.31. The van der Waals surface area contributed by atoms with Crippen molar-refractivity contribution in [1.82, 2.24) is 5.32 Å². The van der Waals surface area contributed by atoms with Gasteiger partial charge in [-0.25, -0.2) is 4.79 Å². The molecule has 2 aromatic carbocycles. The number of nitrogens with one attached hydrogen (secondary N) is 2. The van der Waals surface area contributed by atoms with Crippen molar-refractivity contribution in [3.63, 3.8) is 0 Å². The number of anilines is 1. The van der Waals surface area contributed by atoms with E-state index >= 15 is 0 Å². The molecular weight excluding hydrogens is 395 g/mol. The Kier molecular flexibility index (Phi) is 7.15. The van der Waals surface area contributed by atoms with Crippen LogP contribution in [-0.2, 0) is 9.53 Å². The van der Waals surface area contributed by atoms with Gasteiger partial charge in [-0.15, -0.1) is 0 Å². The van der Waals surface area contributed by atoms with Gasteiger partial charge in [0.15, 0.2) is 5.11 Å². The minimum Gasteiger partial charge on any atom is -0.465 e. The molecule has 0 heterocycles. The fourth-order valence-corrected chi connectivity index (χ4v) is 2.62. The van der Waals surface area contributed by atoms with E-state index in [0.717, 1.165) is 0 Å². The molecule has 2 rings (SSSR count). The zero-order chi connectivity index (χ0) is 19.1. The van der Waals surface area contributed by atoms with Gasteiger partial charge in [-0.05, 0) is 60.3 Å². The van der Waals surface area contributed by atoms with Gasteiger partial charge < -0.3 is 10.1 Å². The average molecular weight is 409 g/mol. The van der Waals surface area contributed by atoms with Crippen LogP contribution in [0, 0.1) is 0 Å². The maximum atomic E-state index is 11.9. The summed E-state index contributed by atoms with van der Waals surface area (Å²) in [4.78, 5) is 23.3. The first-order valence-electron chi connectivity index (χ1n) is 7.32. The smallest absolute Gasteiger partial charge is 0.337 e. The molecule has 0 saturated heterocycles. The first-order chi connectivity index (χ1) is 12.4. The highest BCUT2D eigenvalue weighted by Crippen LogP contribution is 2.21. The Labute approximate surface area is 165 Å². The molecule has 134 valence electrons. The van der Waals surface area contributed by atoms with E-state index in [1.165, 1.54) is 13.2 Å². The number of ether oxygens (including phenoxy) is 1. The van der Waals surface area contributed by atoms with E-state index in [0.29, 0.717) is 26.9 Å². The van der Waals surface area contributed by atoms with Crippen molar-refractivity contribution in [3.05, 3.63) is 69.7 Å². The SMILES string of the molecule is COC(=O)c1ccc(NC(=S)NC(=O)/C=C/c2ccc(Cl)cc2Cl)cc1. The fraction of sp³-hybridized carbons (Fsp3) is 0.0556. The van der Waals surface area contributed by atoms with Crippen LogP contribution in [-0.4, -0.2) is 24.1 Å². The fourth-order valence-electron chi connectivity index (χ4n) is 1.93. The molecule has 0 bridgehead atoms. The zero-order valence-electron chi connectivity index (χ0n) is 13.6. The molecule has 26 heavy (non-hydrogen) atoms. The molecule has 0 aliphatic heterocycles. The lowest BCUT2D eigenvalue weighted by Gasteiger charge is -2.08. The van der Waals surface area contributed by atoms with Gasteiger partial charge in [0.25, 0.3) is 0 Å². The summed E-state index contributed by atoms with van der Waals surface area (Å²) in [5.41, 5.74) is 1.69. The number of carbonyl (C=O) groups excluding carboxylic acids is 2. The van der Waals surface area contributed by atoms with Crippen molar-refractivity contribution in [3.8, 4) is 0 Å². The number of thiocarbonyl (C=S) groups is 1. The van der Waals surface area contributed by atoms with Gasteiger partial charge in [0.2, 0.25) is 5.91 Å². The van der Waals surface area contributed by atoms with Crippen LogP contribution in [0.2, 0.25) is 10.0 Å². The summed E-state index contributed by atoms with van der Waals surface area (Å²) in [5, 5.41) is 6.43. The first-order valence-corrected chi connectivity index (χ1v) is 8.49. The van der Waals surface area contributed by atoms with Crippen LogP contribution >= 0.6 is 35.4 Å². The number of benzene rings is 2. The summed E-state index contributed by atoms with van der Waals surface area (Å²) >= 11 is 16.9. The number of methoxy groups -OCH3 is 1. The highest BCUT2D eigenvalue weighted by molar-refractivity contribution is 7.80. The van der Waals surface area contributed by atoms with Crippen molar-refractivity contribution in [1.29, 1.82) is 0 Å². The van der Waals surface area contributed by atoms with Crippen LogP contribution in [0.3, 0.4) is 0 Å². The Hall–Kier alpha value is -2.41. The summed E-state index contributed by atoms with van der Waals surface area (Å²) in [6.07, 6.45) is 2.87. The Balaban J connectivity index is 1.91. The number of amides is 1. The molecule has 5 nitrogen and oxygen atoms in total. The van der Waals surface area contributed by atoms with E-state index in [1.807, 2.05) is 0 Å². The van der Waals surface area contributed by atoms with Gasteiger partial charge in [0.05, 0.1) is 12.7 Å². The number of carbonyl (C=O) groups is 2. The molecule has 0 spiro atoms. The Bertz CT molecular complexity index is 867. The molecular formula is C18H14Cl2N2O3S. The second-order valence-electron chi connectivity index (χ2n) is 5.01. The van der Waals surface area contributed by atoms with Crippen LogP contribution in [0.4, 0.5) is 5.69 Å². The summed E-state index contributed by atoms with van der Waals surface area (Å²) in [6, 6.07) is 11.4. The van der Waals surface area contributed by atoms with Gasteiger partial charge in [-0.2, -0.15) is 0 Å². The Morgan fingerprint density at radius 2 is 1.81 bits per heavy atom. The number of halogens is 2. The second kappa shape index (κ2) is 9.33. The third kappa shape index (κ3) is 5.84. The molecule has 2 N–H and O–H groups in total. The average Bonchev–Trinajstić information content (AvgIpc) is 2.60. The zero-order valence-corrected chi connectivity index (χ0v) is 15.9. The predicted octanol–water partition coefficient (Wildman–Crippen LogP) is 4.31. The first kappa shape index (κ1) is 19.9. The van der Waals surface area contributed by atoms with E-state index < -0.39 is 11.9 Å². The molecule has 0 aliphatic carbocycles. The van der Waals surface area contributed by atoms with E-state index in [1.54, 1.807) is 48.5 Å². The van der Waals surface area contributed by atoms with Gasteiger partial charge in [-0.3, -0.25) is 10.1 Å². The largest absolute Gasteiger partial charge is 0.465 e. The van der Waals surface area contributed by atoms with Crippen molar-refractivity contribution in [2.75, 3.05) is 12.4 Å². The third-order valence-electron chi connectivity index (χ3n) is 3.18. The minimum atomic E-state index is -0.432. The second-order valence-corrected chi connectivity index (χ2v) is 6.26. The Morgan fingerprint density at radius 3 is 2.42 bits per heavy atom. The van der Waals surface area contributed by atoms with E-state index in [9.17, 15) is 9.59 Å². The predicted molar refractivity (Wildman–Crippen MR) is 108 cm³/mol. The molecule has 0 saturated carbocycles. The monoisotopic (exact) mass is 408 g/mol. The highest BCUT2D eigenvalue weighted by atomic mass is 35.5. The number of hydrogen-bond acceptors (Lipinski definition) is 4. The molecule has 0 aromatic heterocycles. The van der Waals surface area contributed by atoms with Crippen molar-refractivity contribution < 1.29 is 14.3 Å². The number of rotatable bonds is 4. The van der Waals surface area contributed by atoms with Crippen LogP contribution in [0.1, 0.15) is 15.9 Å². The van der Waals surface area contributed by atoms with Crippen molar-refractivity contribution >= 4 is 64.2 Å². The summed E-state index contributed by atoms with van der Waals surface area (Å²) in [6.45, 7) is 0. The summed E-state index contributed by atoms with van der Waals surface area (Å²) < 4.78 is 4.62. The lowest BCUT2D eigenvalue weighted by atomic mass is 10.2. The molecule has 0 radical (unpaired) electrons. The van der Waals surface area contributed by atoms with Gasteiger partial charge >= 0.3 is 5.97 Å². The van der Waals surface area contributed by atoms with Gasteiger partial charge in [-0.1, -0.05) is 29.3 Å². The topological polar surface area (TPSA) is 67.4 Å². The normalized spacial score (nSPS) is 10.4. The minimum absolute atomic E-state index is 0.118. The quantitative estimate of drug-likeness (QED) is 0.448. The standard InChI is InChI=1S/C18H14Cl2N2O3S/c1-25-17(24)12-3-7-14(8-4-12)21-18(26)22-16(23)9-5-11-2-6-13(19)10-15(11)20/h2-10H,1H3,(H2,21,22,23,26)/b9-5+. The van der Waals surface area contributed by atoms with Gasteiger partial charge in [0.1, 0.15) is 0 Å². The van der Waals surface area contributed by atoms with E-state index in [-0.39, 0.29) is 5.11 Å². The maximum absolute atomic E-state index is 11.9. The maximum Gasteiger partial charge on any atom is 0.337 e. The number of esters is 1. The van der Waals surface area contributed by atoms with E-state index in [2.05, 4.69) is 15.4 Å². The molecule has 0 unspecified atom stereocenters. The molecule has 1 amide bonds. The molecule has 2 aromatic rings. The molecule has 8 heteroatoms. The molecule has 0 atom stereocenters. The van der Waals surface area contributed by atoms with Crippen molar-refractivity contribution in [2.45, 2.75) is 0 Å². The van der Waals surface area contributed by atoms with Crippen LogP contribution < -0.4 is 10.6 Å². The van der Waals surface area contributed by atoms with Gasteiger partial charge in [0, 0.05) is 21.8 Å². The van der Waals surface area contributed by atoms with Crippen LogP contribution in [0.5, 0.6) is 0 Å². The lowest BCUT2D eigenvalue weighted by Crippen LogP contribution is -2.32. The third-order valence-corrected chi connectivity index (χ3v) is 3.94. The Morgan fingerprint density at radius 1 is 1.12 bits per heavy atom. The van der Waals surface area contributed by atoms with E-state index in [4.69, 9.17) is 35.4 Å². The number of hydrogen-bond donors (Lipinski definition) is 2. The van der Waals surface area contributed by atoms with Crippen molar-refractivity contribution in [2.24, 2.45) is 0 Å². The van der Waals surface area contributed by atoms with Crippen LogP contribution in [0.15, 0.2) is 48.5 Å². The lowest BCUT2D eigenvalue weighted by molar-refractivity contribution is -0.115. The molecule has 0 fully saturated rings. The summed E-state index contributed by atoms with van der Waals surface area (Å²) in [5.74, 6) is -0.849. The molecule has 0 aliphatic rings. The highest BCUT2D eigenvalue weighted by Gasteiger charge is 2.06.